The Kier molecular flexibility index (Phi) is 5.23. The van der Waals surface area contributed by atoms with Crippen LogP contribution < -0.4 is 19.9 Å². The Morgan fingerprint density at radius 1 is 1.35 bits per heavy atom. The van der Waals surface area contributed by atoms with Crippen molar-refractivity contribution in [2.75, 3.05) is 7.11 Å². The maximum atomic E-state index is 12.8. The molecule has 10 nitrogen and oxygen atoms in total. The third-order valence-electron chi connectivity index (χ3n) is 2.90. The summed E-state index contributed by atoms with van der Waals surface area (Å²) < 4.78 is 61.6. The second-order valence-electron chi connectivity index (χ2n) is 4.65. The molecule has 1 amide bonds. The summed E-state index contributed by atoms with van der Waals surface area (Å²) in [5.74, 6) is -0.807. The summed E-state index contributed by atoms with van der Waals surface area (Å²) in [6.45, 7) is 0. The molecule has 0 aliphatic carbocycles. The van der Waals surface area contributed by atoms with E-state index in [9.17, 15) is 26.8 Å². The van der Waals surface area contributed by atoms with E-state index in [0.29, 0.717) is 0 Å². The first-order valence-corrected chi connectivity index (χ1v) is 8.44. The highest BCUT2D eigenvalue weighted by atomic mass is 35.5. The quantitative estimate of drug-likeness (QED) is 0.717. The molecule has 1 aromatic carbocycles. The predicted molar refractivity (Wildman–Crippen MR) is 83.0 cm³/mol. The number of alkyl halides is 3. The van der Waals surface area contributed by atoms with E-state index in [1.54, 1.807) is 0 Å². The molecule has 0 aliphatic rings. The van der Waals surface area contributed by atoms with E-state index in [4.69, 9.17) is 4.74 Å². The van der Waals surface area contributed by atoms with Crippen LogP contribution in [0, 0.1) is 0 Å². The Bertz CT molecular complexity index is 998. The van der Waals surface area contributed by atoms with Gasteiger partial charge < -0.3 is 9.47 Å². The summed E-state index contributed by atoms with van der Waals surface area (Å²) in [6.07, 6.45) is 0. The fourth-order valence-electron chi connectivity index (χ4n) is 1.82. The van der Waals surface area contributed by atoms with Crippen molar-refractivity contribution < 1.29 is 31.5 Å². The molecular formula is C12H11ClF2N4O6S. The van der Waals surface area contributed by atoms with Crippen molar-refractivity contribution in [1.82, 2.24) is 19.1 Å². The van der Waals surface area contributed by atoms with Crippen molar-refractivity contribution >= 4 is 27.7 Å². The second-order valence-corrected chi connectivity index (χ2v) is 6.74. The number of sulfonamides is 1. The van der Waals surface area contributed by atoms with E-state index in [-0.39, 0.29) is 10.7 Å². The van der Waals surface area contributed by atoms with Crippen LogP contribution in [-0.4, -0.2) is 41.5 Å². The first-order valence-electron chi connectivity index (χ1n) is 6.58. The molecule has 1 heterocycles. The zero-order valence-electron chi connectivity index (χ0n) is 13.1. The van der Waals surface area contributed by atoms with Crippen molar-refractivity contribution in [3.8, 4) is 11.8 Å². The van der Waals surface area contributed by atoms with Crippen LogP contribution >= 0.6 is 11.6 Å². The number of rotatable bonds is 5. The van der Waals surface area contributed by atoms with E-state index >= 15 is 0 Å². The predicted octanol–water partition coefficient (Wildman–Crippen LogP) is 0.705. The number of carbonyl (C=O) groups excluding carboxylic acids is 1. The van der Waals surface area contributed by atoms with Gasteiger partial charge in [-0.3, -0.25) is 0 Å². The number of hydrogen-bond donors (Lipinski definition) is 1. The third kappa shape index (κ3) is 4.11. The zero-order valence-corrected chi connectivity index (χ0v) is 14.7. The molecule has 0 saturated carbocycles. The Balaban J connectivity index is 2.38. The number of ether oxygens (including phenoxy) is 2. The molecule has 14 heteroatoms. The molecule has 0 atom stereocenters. The van der Waals surface area contributed by atoms with E-state index in [1.807, 2.05) is 0 Å². The van der Waals surface area contributed by atoms with Crippen molar-refractivity contribution in [3.63, 3.8) is 0 Å². The molecule has 1 N–H and O–H groups in total. The van der Waals surface area contributed by atoms with E-state index in [2.05, 4.69) is 21.4 Å². The fraction of sp³-hybridized carbons (Fsp3) is 0.250. The second kappa shape index (κ2) is 6.92. The van der Waals surface area contributed by atoms with Crippen molar-refractivity contribution in [2.24, 2.45) is 7.05 Å². The normalized spacial score (nSPS) is 11.9. The minimum atomic E-state index is -4.70. The number of halogens is 3. The lowest BCUT2D eigenvalue weighted by Crippen LogP contribution is -2.40. The number of aromatic nitrogens is 3. The van der Waals surface area contributed by atoms with Crippen molar-refractivity contribution in [1.29, 1.82) is 0 Å². The smallest absolute Gasteiger partial charge is 0.467 e. The van der Waals surface area contributed by atoms with Gasteiger partial charge in [0.25, 0.3) is 10.0 Å². The van der Waals surface area contributed by atoms with Gasteiger partial charge in [-0.2, -0.15) is 0 Å². The van der Waals surface area contributed by atoms with Crippen LogP contribution in [0.3, 0.4) is 0 Å². The van der Waals surface area contributed by atoms with Gasteiger partial charge in [0.15, 0.2) is 0 Å². The van der Waals surface area contributed by atoms with Gasteiger partial charge >= 0.3 is 23.3 Å². The molecule has 142 valence electrons. The SMILES string of the molecule is COc1nn(C(=O)NS(=O)(=O)c2ccccc2OC(F)(F)Cl)c(=O)n1C. The van der Waals surface area contributed by atoms with E-state index in [0.717, 1.165) is 16.7 Å². The highest BCUT2D eigenvalue weighted by Crippen LogP contribution is 2.30. The molecule has 1 aromatic heterocycles. The summed E-state index contributed by atoms with van der Waals surface area (Å²) >= 11 is 4.64. The topological polar surface area (TPSA) is 122 Å². The fourth-order valence-corrected chi connectivity index (χ4v) is 2.97. The molecule has 2 rings (SSSR count). The van der Waals surface area contributed by atoms with Crippen molar-refractivity contribution in [2.45, 2.75) is 10.5 Å². The van der Waals surface area contributed by atoms with Crippen LogP contribution in [0.5, 0.6) is 11.8 Å². The van der Waals surface area contributed by atoms with Crippen LogP contribution in [0.4, 0.5) is 13.6 Å². The van der Waals surface area contributed by atoms with Gasteiger partial charge in [0.05, 0.1) is 7.11 Å². The summed E-state index contributed by atoms with van der Waals surface area (Å²) in [5, 5.41) is 3.48. The van der Waals surface area contributed by atoms with Gasteiger partial charge in [0.2, 0.25) is 0 Å². The summed E-state index contributed by atoms with van der Waals surface area (Å²) in [5.41, 5.74) is -5.17. The molecule has 26 heavy (non-hydrogen) atoms. The lowest BCUT2D eigenvalue weighted by atomic mass is 10.3. The molecule has 0 bridgehead atoms. The monoisotopic (exact) mass is 412 g/mol. The van der Waals surface area contributed by atoms with Crippen LogP contribution in [0.25, 0.3) is 0 Å². The van der Waals surface area contributed by atoms with Gasteiger partial charge in [0, 0.05) is 18.6 Å². The summed E-state index contributed by atoms with van der Waals surface area (Å²) in [6, 6.07) is 2.51. The van der Waals surface area contributed by atoms with Crippen LogP contribution in [0.15, 0.2) is 34.0 Å². The molecule has 0 aliphatic heterocycles. The standard InChI is InChI=1S/C12H11ClF2N4O6S/c1-18-10(24-2)16-19(11(18)21)9(20)17-26(22,23)8-6-4-3-5-7(8)25-12(13,14)15/h3-6H,1-2H3,(H,17,20). The summed E-state index contributed by atoms with van der Waals surface area (Å²) in [4.78, 5) is 23.1. The van der Waals surface area contributed by atoms with Crippen molar-refractivity contribution in [3.05, 3.63) is 34.7 Å². The minimum absolute atomic E-state index is 0.190. The average Bonchev–Trinajstić information content (AvgIpc) is 2.81. The number of nitrogens with zero attached hydrogens (tertiary/aromatic N) is 3. The Hall–Kier alpha value is -2.67. The first-order chi connectivity index (χ1) is 12.0. The number of carbonyl (C=O) groups is 1. The number of nitrogens with one attached hydrogen (secondary N) is 1. The highest BCUT2D eigenvalue weighted by molar-refractivity contribution is 7.90. The van der Waals surface area contributed by atoms with Gasteiger partial charge in [-0.15, -0.1) is 18.6 Å². The van der Waals surface area contributed by atoms with E-state index in [1.165, 1.54) is 31.0 Å². The lowest BCUT2D eigenvalue weighted by molar-refractivity contribution is -0.0981. The van der Waals surface area contributed by atoms with Gasteiger partial charge in [-0.25, -0.2) is 27.3 Å². The lowest BCUT2D eigenvalue weighted by Gasteiger charge is -2.14. The number of benzene rings is 1. The highest BCUT2D eigenvalue weighted by Gasteiger charge is 2.32. The number of hydrogen-bond acceptors (Lipinski definition) is 7. The Labute approximate surface area is 149 Å². The molecule has 0 fully saturated rings. The molecule has 0 spiro atoms. The third-order valence-corrected chi connectivity index (χ3v) is 4.34. The molecule has 2 aromatic rings. The van der Waals surface area contributed by atoms with E-state index < -0.39 is 38.0 Å². The summed E-state index contributed by atoms with van der Waals surface area (Å²) in [7, 11) is -2.29. The number of para-hydroxylation sites is 1. The van der Waals surface area contributed by atoms with Crippen LogP contribution in [0.2, 0.25) is 0 Å². The molecular weight excluding hydrogens is 402 g/mol. The van der Waals surface area contributed by atoms with Crippen LogP contribution in [0.1, 0.15) is 0 Å². The largest absolute Gasteiger partial charge is 0.487 e. The minimum Gasteiger partial charge on any atom is -0.467 e. The maximum absolute atomic E-state index is 12.8. The number of methoxy groups -OCH3 is 1. The van der Waals surface area contributed by atoms with Gasteiger partial charge in [0.1, 0.15) is 10.6 Å². The van der Waals surface area contributed by atoms with Gasteiger partial charge in [-0.05, 0) is 12.1 Å². The maximum Gasteiger partial charge on any atom is 0.487 e. The molecule has 0 radical (unpaired) electrons. The Morgan fingerprint density at radius 2 is 1.96 bits per heavy atom. The molecule has 0 saturated heterocycles. The average molecular weight is 413 g/mol. The first kappa shape index (κ1) is 19.7. The number of amides is 1. The Morgan fingerprint density at radius 3 is 2.50 bits per heavy atom. The van der Waals surface area contributed by atoms with Gasteiger partial charge in [-0.1, -0.05) is 12.1 Å². The zero-order chi connectivity index (χ0) is 19.7. The molecule has 0 unspecified atom stereocenters. The van der Waals surface area contributed by atoms with Crippen LogP contribution in [-0.2, 0) is 17.1 Å².